The van der Waals surface area contributed by atoms with Crippen LogP contribution >= 0.6 is 0 Å². The molecule has 0 spiro atoms. The third-order valence-corrected chi connectivity index (χ3v) is 8.87. The Labute approximate surface area is 276 Å². The fourth-order valence-electron chi connectivity index (χ4n) is 6.57. The molecule has 0 aromatic heterocycles. The number of piperidine rings is 2. The van der Waals surface area contributed by atoms with Crippen molar-refractivity contribution in [1.29, 1.82) is 0 Å². The second kappa shape index (κ2) is 15.6. The summed E-state index contributed by atoms with van der Waals surface area (Å²) in [4.78, 5) is 26.4. The third-order valence-electron chi connectivity index (χ3n) is 8.87. The van der Waals surface area contributed by atoms with Gasteiger partial charge in [-0.1, -0.05) is 30.3 Å². The molecule has 2 unspecified atom stereocenters. The van der Waals surface area contributed by atoms with E-state index < -0.39 is 0 Å². The number of amides is 2. The molecule has 1 N–H and O–H groups in total. The second-order valence-corrected chi connectivity index (χ2v) is 11.6. The molecule has 9 heteroatoms. The highest BCUT2D eigenvalue weighted by Crippen LogP contribution is 2.43. The zero-order valence-corrected chi connectivity index (χ0v) is 27.8. The average Bonchev–Trinajstić information content (AvgIpc) is 3.11. The fraction of sp³-hybridized carbons (Fsp3) is 0.368. The van der Waals surface area contributed by atoms with Crippen LogP contribution in [0.15, 0.2) is 72.8 Å². The van der Waals surface area contributed by atoms with Crippen LogP contribution in [0.5, 0.6) is 28.7 Å². The number of nitrogens with one attached hydrogen (secondary N) is 1. The van der Waals surface area contributed by atoms with Gasteiger partial charge in [-0.25, -0.2) is 0 Å². The van der Waals surface area contributed by atoms with Crippen LogP contribution in [-0.4, -0.2) is 52.3 Å². The summed E-state index contributed by atoms with van der Waals surface area (Å²) in [5.41, 5.74) is 2.98. The number of methoxy groups -OCH3 is 5. The van der Waals surface area contributed by atoms with Crippen molar-refractivity contribution in [1.82, 2.24) is 10.2 Å². The molecule has 0 aliphatic carbocycles. The number of rotatable bonds is 9. The van der Waals surface area contributed by atoms with Gasteiger partial charge in [-0.3, -0.25) is 9.59 Å². The van der Waals surface area contributed by atoms with Crippen molar-refractivity contribution in [2.24, 2.45) is 0 Å². The summed E-state index contributed by atoms with van der Waals surface area (Å²) >= 11 is 0. The Bertz CT molecular complexity index is 1660. The number of nitrogens with zero attached hydrogens (tertiary/aromatic N) is 1. The summed E-state index contributed by atoms with van der Waals surface area (Å²) in [5, 5.41) is 5.23. The van der Waals surface area contributed by atoms with Crippen LogP contribution in [0.4, 0.5) is 0 Å². The summed E-state index contributed by atoms with van der Waals surface area (Å²) < 4.78 is 27.3. The van der Waals surface area contributed by atoms with Gasteiger partial charge in [0.15, 0.2) is 0 Å². The lowest BCUT2D eigenvalue weighted by Gasteiger charge is -2.37. The first-order chi connectivity index (χ1) is 22.9. The number of carbonyl (C=O) groups excluding carboxylic acids is 2. The molecular formula is C38H44N2O7. The Kier molecular flexibility index (Phi) is 11.1. The third kappa shape index (κ3) is 7.56. The summed E-state index contributed by atoms with van der Waals surface area (Å²) in [6, 6.07) is 23.7. The number of hydrogen-bond donors (Lipinski definition) is 1. The van der Waals surface area contributed by atoms with E-state index in [1.165, 1.54) is 0 Å². The highest BCUT2D eigenvalue weighted by Gasteiger charge is 2.33. The molecule has 2 saturated heterocycles. The SMILES string of the molecule is COc1ccc2cc(CN3C(=O)CCCC3c3c(OC)cccc3OC)ccc2c1.COc1cccc(OC)c1C1CCCC(=O)N1. The standard InChI is InChI=1S/C25H27NO4.C13H17NO3/c1-28-20-13-12-18-14-17(10-11-19(18)15-20)16-26-21(6-4-9-24(26)27)25-22(29-2)7-5-8-23(25)30-3;1-16-10-6-4-7-11(17-2)13(10)9-5-3-8-12(15)14-9/h5,7-8,10-15,21H,4,6,9,16H2,1-3H3;4,6-7,9H,3,5,8H2,1-2H3,(H,14,15). The molecule has 2 aliphatic rings. The molecule has 6 rings (SSSR count). The first kappa shape index (κ1) is 33.4. The van der Waals surface area contributed by atoms with Crippen LogP contribution < -0.4 is 29.0 Å². The van der Waals surface area contributed by atoms with E-state index in [-0.39, 0.29) is 23.9 Å². The summed E-state index contributed by atoms with van der Waals surface area (Å²) in [5.74, 6) is 4.12. The minimum absolute atomic E-state index is 0.0117. The molecular weight excluding hydrogens is 596 g/mol. The Morgan fingerprint density at radius 1 is 0.660 bits per heavy atom. The molecule has 4 aromatic carbocycles. The van der Waals surface area contributed by atoms with Crippen LogP contribution in [0.25, 0.3) is 10.8 Å². The Morgan fingerprint density at radius 3 is 1.83 bits per heavy atom. The molecule has 2 amide bonds. The zero-order valence-electron chi connectivity index (χ0n) is 27.8. The number of carbonyl (C=O) groups is 2. The second-order valence-electron chi connectivity index (χ2n) is 11.6. The molecule has 2 atom stereocenters. The van der Waals surface area contributed by atoms with Crippen LogP contribution in [0.2, 0.25) is 0 Å². The summed E-state index contributed by atoms with van der Waals surface area (Å²) in [6.07, 6.45) is 4.73. The van der Waals surface area contributed by atoms with Gasteiger partial charge in [-0.15, -0.1) is 0 Å². The van der Waals surface area contributed by atoms with Crippen LogP contribution in [0.3, 0.4) is 0 Å². The van der Waals surface area contributed by atoms with Gasteiger partial charge in [0.2, 0.25) is 11.8 Å². The topological polar surface area (TPSA) is 95.6 Å². The van der Waals surface area contributed by atoms with Crippen molar-refractivity contribution in [3.63, 3.8) is 0 Å². The van der Waals surface area contributed by atoms with Crippen molar-refractivity contribution < 1.29 is 33.3 Å². The summed E-state index contributed by atoms with van der Waals surface area (Å²) in [6.45, 7) is 0.548. The molecule has 2 fully saturated rings. The van der Waals surface area contributed by atoms with E-state index in [0.29, 0.717) is 19.4 Å². The number of likely N-dealkylation sites (tertiary alicyclic amines) is 1. The maximum Gasteiger partial charge on any atom is 0.223 e. The van der Waals surface area contributed by atoms with Gasteiger partial charge in [0.1, 0.15) is 28.7 Å². The minimum atomic E-state index is -0.0797. The quantitative estimate of drug-likeness (QED) is 0.207. The first-order valence-corrected chi connectivity index (χ1v) is 16.0. The largest absolute Gasteiger partial charge is 0.497 e. The molecule has 2 heterocycles. The maximum atomic E-state index is 13.0. The van der Waals surface area contributed by atoms with Crippen molar-refractivity contribution in [3.8, 4) is 28.7 Å². The van der Waals surface area contributed by atoms with E-state index in [0.717, 1.165) is 81.9 Å². The fourth-order valence-corrected chi connectivity index (χ4v) is 6.57. The molecule has 9 nitrogen and oxygen atoms in total. The van der Waals surface area contributed by atoms with E-state index in [9.17, 15) is 9.59 Å². The van der Waals surface area contributed by atoms with Crippen LogP contribution in [-0.2, 0) is 16.1 Å². The average molecular weight is 641 g/mol. The van der Waals surface area contributed by atoms with E-state index >= 15 is 0 Å². The zero-order chi connectivity index (χ0) is 33.3. The first-order valence-electron chi connectivity index (χ1n) is 16.0. The molecule has 0 saturated carbocycles. The normalized spacial score (nSPS) is 17.7. The Balaban J connectivity index is 0.000000216. The van der Waals surface area contributed by atoms with Crippen LogP contribution in [0, 0.1) is 0 Å². The van der Waals surface area contributed by atoms with Crippen molar-refractivity contribution in [2.45, 2.75) is 57.2 Å². The van der Waals surface area contributed by atoms with Gasteiger partial charge in [0.05, 0.1) is 58.8 Å². The van der Waals surface area contributed by atoms with Crippen molar-refractivity contribution in [2.75, 3.05) is 35.5 Å². The van der Waals surface area contributed by atoms with Crippen LogP contribution in [0.1, 0.15) is 67.3 Å². The Morgan fingerprint density at radius 2 is 1.23 bits per heavy atom. The number of hydrogen-bond acceptors (Lipinski definition) is 7. The molecule has 2 aliphatic heterocycles. The smallest absolute Gasteiger partial charge is 0.223 e. The number of benzene rings is 4. The lowest BCUT2D eigenvalue weighted by molar-refractivity contribution is -0.137. The minimum Gasteiger partial charge on any atom is -0.497 e. The molecule has 4 aromatic rings. The number of ether oxygens (including phenoxy) is 5. The highest BCUT2D eigenvalue weighted by atomic mass is 16.5. The van der Waals surface area contributed by atoms with E-state index in [1.54, 1.807) is 35.5 Å². The lowest BCUT2D eigenvalue weighted by atomic mass is 9.92. The monoisotopic (exact) mass is 640 g/mol. The van der Waals surface area contributed by atoms with Gasteiger partial charge >= 0.3 is 0 Å². The van der Waals surface area contributed by atoms with Gasteiger partial charge < -0.3 is 33.9 Å². The summed E-state index contributed by atoms with van der Waals surface area (Å²) in [7, 11) is 8.24. The number of fused-ring (bicyclic) bond motifs is 1. The van der Waals surface area contributed by atoms with Crippen molar-refractivity contribution in [3.05, 3.63) is 89.5 Å². The molecule has 47 heavy (non-hydrogen) atoms. The van der Waals surface area contributed by atoms with Gasteiger partial charge in [-0.05, 0) is 84.5 Å². The highest BCUT2D eigenvalue weighted by molar-refractivity contribution is 5.85. The van der Waals surface area contributed by atoms with Gasteiger partial charge in [0, 0.05) is 19.4 Å². The van der Waals surface area contributed by atoms with E-state index in [1.807, 2.05) is 53.4 Å². The van der Waals surface area contributed by atoms with Gasteiger partial charge in [0.25, 0.3) is 0 Å². The predicted octanol–water partition coefficient (Wildman–Crippen LogP) is 7.16. The maximum absolute atomic E-state index is 13.0. The van der Waals surface area contributed by atoms with E-state index in [4.69, 9.17) is 23.7 Å². The van der Waals surface area contributed by atoms with Gasteiger partial charge in [-0.2, -0.15) is 0 Å². The molecule has 0 radical (unpaired) electrons. The molecule has 248 valence electrons. The molecule has 0 bridgehead atoms. The van der Waals surface area contributed by atoms with E-state index in [2.05, 4.69) is 29.6 Å². The Hall–Kier alpha value is -4.92. The lowest BCUT2D eigenvalue weighted by Crippen LogP contribution is -2.38. The van der Waals surface area contributed by atoms with Crippen molar-refractivity contribution >= 4 is 22.6 Å². The predicted molar refractivity (Wildman–Crippen MR) is 181 cm³/mol.